The fraction of sp³-hybridized carbons (Fsp3) is 0.409. The number of nitrogens with one attached hydrogen (secondary N) is 1. The van der Waals surface area contributed by atoms with E-state index in [0.717, 1.165) is 30.1 Å². The van der Waals surface area contributed by atoms with Gasteiger partial charge in [-0.2, -0.15) is 11.8 Å². The maximum Gasteiger partial charge on any atom is 0.257 e. The van der Waals surface area contributed by atoms with Crippen molar-refractivity contribution in [1.29, 1.82) is 0 Å². The summed E-state index contributed by atoms with van der Waals surface area (Å²) in [5, 5.41) is 2.93. The Hall–Kier alpha value is -1.94. The Balaban J connectivity index is 1.32. The third-order valence-electron chi connectivity index (χ3n) is 4.61. The van der Waals surface area contributed by atoms with Crippen LogP contribution in [0.25, 0.3) is 0 Å². The van der Waals surface area contributed by atoms with Gasteiger partial charge in [-0.3, -0.25) is 4.79 Å². The molecular weight excluding hydrogens is 342 g/mol. The van der Waals surface area contributed by atoms with Gasteiger partial charge >= 0.3 is 0 Å². The van der Waals surface area contributed by atoms with E-state index in [1.54, 1.807) is 0 Å². The number of hydrogen-bond acceptors (Lipinski definition) is 3. The van der Waals surface area contributed by atoms with E-state index in [2.05, 4.69) is 48.6 Å². The Morgan fingerprint density at radius 3 is 2.81 bits per heavy atom. The SMILES string of the molecule is Cc1cccc(CSCCNC(=O)COc2ccc3c(c2)CCCC3)c1. The summed E-state index contributed by atoms with van der Waals surface area (Å²) in [6, 6.07) is 14.8. The number of carbonyl (C=O) groups excluding carboxylic acids is 1. The van der Waals surface area contributed by atoms with Gasteiger partial charge in [0.2, 0.25) is 0 Å². The largest absolute Gasteiger partial charge is 0.484 e. The van der Waals surface area contributed by atoms with Crippen LogP contribution in [0.2, 0.25) is 0 Å². The van der Waals surface area contributed by atoms with Crippen LogP contribution in [-0.2, 0) is 23.4 Å². The maximum atomic E-state index is 11.9. The Kier molecular flexibility index (Phi) is 7.01. The van der Waals surface area contributed by atoms with Crippen molar-refractivity contribution in [1.82, 2.24) is 5.32 Å². The molecule has 0 atom stereocenters. The van der Waals surface area contributed by atoms with E-state index < -0.39 is 0 Å². The lowest BCUT2D eigenvalue weighted by Crippen LogP contribution is -2.30. The number of carbonyl (C=O) groups is 1. The first-order valence-electron chi connectivity index (χ1n) is 9.35. The molecule has 0 bridgehead atoms. The third-order valence-corrected chi connectivity index (χ3v) is 5.64. The molecule has 1 aliphatic rings. The number of hydrogen-bond donors (Lipinski definition) is 1. The van der Waals surface area contributed by atoms with Gasteiger partial charge < -0.3 is 10.1 Å². The summed E-state index contributed by atoms with van der Waals surface area (Å²) in [4.78, 5) is 11.9. The van der Waals surface area contributed by atoms with E-state index in [1.807, 2.05) is 17.8 Å². The molecule has 4 heteroatoms. The van der Waals surface area contributed by atoms with Crippen molar-refractivity contribution in [2.24, 2.45) is 0 Å². The molecule has 0 aliphatic heterocycles. The molecule has 1 aliphatic carbocycles. The molecule has 0 fully saturated rings. The molecule has 0 saturated carbocycles. The molecule has 0 aromatic heterocycles. The lowest BCUT2D eigenvalue weighted by molar-refractivity contribution is -0.122. The zero-order valence-corrected chi connectivity index (χ0v) is 16.2. The Bertz CT molecular complexity index is 745. The van der Waals surface area contributed by atoms with Gasteiger partial charge in [0.25, 0.3) is 5.91 Å². The van der Waals surface area contributed by atoms with Crippen LogP contribution in [0.3, 0.4) is 0 Å². The molecule has 3 nitrogen and oxygen atoms in total. The standard InChI is InChI=1S/C22H27NO2S/c1-17-5-4-6-18(13-17)16-26-12-11-23-22(24)15-25-21-10-9-19-7-2-3-8-20(19)14-21/h4-6,9-10,13-14H,2-3,7-8,11-12,15-16H2,1H3,(H,23,24). The molecule has 0 spiro atoms. The molecule has 26 heavy (non-hydrogen) atoms. The topological polar surface area (TPSA) is 38.3 Å². The highest BCUT2D eigenvalue weighted by atomic mass is 32.2. The zero-order chi connectivity index (χ0) is 18.2. The smallest absolute Gasteiger partial charge is 0.257 e. The number of thioether (sulfide) groups is 1. The minimum atomic E-state index is -0.0566. The number of amides is 1. The van der Waals surface area contributed by atoms with Crippen molar-refractivity contribution < 1.29 is 9.53 Å². The maximum absolute atomic E-state index is 11.9. The fourth-order valence-electron chi connectivity index (χ4n) is 3.25. The highest BCUT2D eigenvalue weighted by molar-refractivity contribution is 7.98. The van der Waals surface area contributed by atoms with Gasteiger partial charge in [-0.15, -0.1) is 0 Å². The van der Waals surface area contributed by atoms with E-state index >= 15 is 0 Å². The third kappa shape index (κ3) is 5.80. The first-order chi connectivity index (χ1) is 12.7. The molecule has 138 valence electrons. The van der Waals surface area contributed by atoms with Gasteiger partial charge in [0.1, 0.15) is 5.75 Å². The Labute approximate surface area is 160 Å². The molecule has 2 aromatic rings. The number of benzene rings is 2. The second kappa shape index (κ2) is 9.67. The van der Waals surface area contributed by atoms with Gasteiger partial charge in [-0.1, -0.05) is 35.9 Å². The Morgan fingerprint density at radius 2 is 1.96 bits per heavy atom. The highest BCUT2D eigenvalue weighted by Crippen LogP contribution is 2.25. The van der Waals surface area contributed by atoms with Gasteiger partial charge in [-0.25, -0.2) is 0 Å². The summed E-state index contributed by atoms with van der Waals surface area (Å²) in [6.07, 6.45) is 4.81. The average Bonchev–Trinajstić information content (AvgIpc) is 2.66. The summed E-state index contributed by atoms with van der Waals surface area (Å²) in [5.41, 5.74) is 5.42. The predicted molar refractivity (Wildman–Crippen MR) is 109 cm³/mol. The number of ether oxygens (including phenoxy) is 1. The average molecular weight is 370 g/mol. The molecule has 0 saturated heterocycles. The predicted octanol–water partition coefficient (Wildman–Crippen LogP) is 4.30. The zero-order valence-electron chi connectivity index (χ0n) is 15.4. The molecule has 3 rings (SSSR count). The summed E-state index contributed by atoms with van der Waals surface area (Å²) < 4.78 is 5.65. The lowest BCUT2D eigenvalue weighted by Gasteiger charge is -2.16. The summed E-state index contributed by atoms with van der Waals surface area (Å²) in [7, 11) is 0. The quantitative estimate of drug-likeness (QED) is 0.705. The van der Waals surface area contributed by atoms with Gasteiger partial charge in [0.15, 0.2) is 6.61 Å². The second-order valence-corrected chi connectivity index (χ2v) is 7.92. The molecule has 0 radical (unpaired) electrons. The van der Waals surface area contributed by atoms with E-state index in [9.17, 15) is 4.79 Å². The molecule has 0 unspecified atom stereocenters. The van der Waals surface area contributed by atoms with Crippen molar-refractivity contribution in [3.8, 4) is 5.75 Å². The molecule has 0 heterocycles. The van der Waals surface area contributed by atoms with Gasteiger partial charge in [-0.05, 0) is 61.4 Å². The lowest BCUT2D eigenvalue weighted by atomic mass is 9.92. The Morgan fingerprint density at radius 1 is 1.12 bits per heavy atom. The molecule has 1 amide bonds. The van der Waals surface area contributed by atoms with E-state index in [-0.39, 0.29) is 12.5 Å². The van der Waals surface area contributed by atoms with Crippen molar-refractivity contribution in [2.75, 3.05) is 18.9 Å². The number of rotatable bonds is 8. The first-order valence-corrected chi connectivity index (χ1v) is 10.5. The second-order valence-electron chi connectivity index (χ2n) is 6.82. The van der Waals surface area contributed by atoms with Crippen molar-refractivity contribution in [3.05, 3.63) is 64.7 Å². The van der Waals surface area contributed by atoms with Crippen LogP contribution in [0.1, 0.15) is 35.1 Å². The van der Waals surface area contributed by atoms with Crippen LogP contribution in [0.15, 0.2) is 42.5 Å². The molecular formula is C22H27NO2S. The summed E-state index contributed by atoms with van der Waals surface area (Å²) >= 11 is 1.83. The number of aryl methyl sites for hydroxylation is 3. The highest BCUT2D eigenvalue weighted by Gasteiger charge is 2.10. The van der Waals surface area contributed by atoms with Crippen molar-refractivity contribution in [2.45, 2.75) is 38.4 Å². The van der Waals surface area contributed by atoms with Gasteiger partial charge in [0.05, 0.1) is 0 Å². The van der Waals surface area contributed by atoms with Crippen LogP contribution in [0.4, 0.5) is 0 Å². The van der Waals surface area contributed by atoms with Crippen LogP contribution in [0.5, 0.6) is 5.75 Å². The van der Waals surface area contributed by atoms with Crippen molar-refractivity contribution >= 4 is 17.7 Å². The van der Waals surface area contributed by atoms with Crippen LogP contribution >= 0.6 is 11.8 Å². The molecule has 2 aromatic carbocycles. The van der Waals surface area contributed by atoms with E-state index in [4.69, 9.17) is 4.74 Å². The van der Waals surface area contributed by atoms with Gasteiger partial charge in [0, 0.05) is 18.1 Å². The minimum absolute atomic E-state index is 0.0566. The van der Waals surface area contributed by atoms with E-state index in [0.29, 0.717) is 6.54 Å². The van der Waals surface area contributed by atoms with Crippen molar-refractivity contribution in [3.63, 3.8) is 0 Å². The van der Waals surface area contributed by atoms with Crippen LogP contribution < -0.4 is 10.1 Å². The first kappa shape index (κ1) is 18.8. The fourth-order valence-corrected chi connectivity index (χ4v) is 4.06. The minimum Gasteiger partial charge on any atom is -0.484 e. The normalized spacial score (nSPS) is 13.1. The summed E-state index contributed by atoms with van der Waals surface area (Å²) in [6.45, 7) is 2.86. The van der Waals surface area contributed by atoms with Crippen LogP contribution in [0, 0.1) is 6.92 Å². The summed E-state index contributed by atoms with van der Waals surface area (Å²) in [5.74, 6) is 2.62. The van der Waals surface area contributed by atoms with E-state index in [1.165, 1.54) is 35.1 Å². The molecule has 1 N–H and O–H groups in total. The monoisotopic (exact) mass is 369 g/mol. The van der Waals surface area contributed by atoms with Crippen LogP contribution in [-0.4, -0.2) is 24.8 Å². The number of fused-ring (bicyclic) bond motifs is 1.